The summed E-state index contributed by atoms with van der Waals surface area (Å²) in [6.45, 7) is 2.01. The van der Waals surface area contributed by atoms with Crippen LogP contribution in [0, 0.1) is 29.6 Å². The topological polar surface area (TPSA) is 47.6 Å². The Hall–Kier alpha value is -2.58. The van der Waals surface area contributed by atoms with Crippen LogP contribution >= 0.6 is 0 Å². The van der Waals surface area contributed by atoms with E-state index in [-0.39, 0.29) is 0 Å². The van der Waals surface area contributed by atoms with Crippen molar-refractivity contribution in [3.63, 3.8) is 0 Å². The van der Waals surface area contributed by atoms with Crippen molar-refractivity contribution in [3.8, 4) is 23.3 Å². The van der Waals surface area contributed by atoms with Crippen molar-refractivity contribution in [1.29, 1.82) is 10.5 Å². The van der Waals surface area contributed by atoms with Gasteiger partial charge in [0.2, 0.25) is 0 Å². The third-order valence-corrected chi connectivity index (χ3v) is 2.65. The van der Waals surface area contributed by atoms with Gasteiger partial charge in [-0.1, -0.05) is 35.9 Å². The molecule has 0 unspecified atom stereocenters. The Morgan fingerprint density at radius 2 is 1.35 bits per heavy atom. The van der Waals surface area contributed by atoms with E-state index in [0.717, 1.165) is 16.7 Å². The third-order valence-electron chi connectivity index (χ3n) is 2.65. The fourth-order valence-corrected chi connectivity index (χ4v) is 1.77. The van der Waals surface area contributed by atoms with E-state index in [1.165, 1.54) is 0 Å². The number of hydrogen-bond acceptors (Lipinski definition) is 2. The van der Waals surface area contributed by atoms with E-state index in [4.69, 9.17) is 10.5 Å². The standard InChI is InChI=1S/C15H10N2/c1-11-5-7-12(8-6-11)15-13(9-16)3-2-4-14(15)10-17/h2-8H,1H3. The minimum Gasteiger partial charge on any atom is -0.192 e. The largest absolute Gasteiger partial charge is 0.192 e. The highest BCUT2D eigenvalue weighted by atomic mass is 14.3. The highest BCUT2D eigenvalue weighted by Gasteiger charge is 2.09. The van der Waals surface area contributed by atoms with Gasteiger partial charge in [-0.15, -0.1) is 0 Å². The van der Waals surface area contributed by atoms with Crippen molar-refractivity contribution in [3.05, 3.63) is 59.2 Å². The van der Waals surface area contributed by atoms with Crippen molar-refractivity contribution in [2.45, 2.75) is 6.92 Å². The zero-order valence-electron chi connectivity index (χ0n) is 9.44. The van der Waals surface area contributed by atoms with Crippen LogP contribution in [0.4, 0.5) is 0 Å². The zero-order chi connectivity index (χ0) is 12.3. The molecule has 0 N–H and O–H groups in total. The molecule has 0 amide bonds. The smallest absolute Gasteiger partial charge is 0.0998 e. The van der Waals surface area contributed by atoms with Gasteiger partial charge in [0.25, 0.3) is 0 Å². The van der Waals surface area contributed by atoms with Gasteiger partial charge in [0.15, 0.2) is 0 Å². The molecule has 0 aliphatic heterocycles. The third kappa shape index (κ3) is 2.02. The average molecular weight is 218 g/mol. The highest BCUT2D eigenvalue weighted by Crippen LogP contribution is 2.27. The van der Waals surface area contributed by atoms with E-state index < -0.39 is 0 Å². The van der Waals surface area contributed by atoms with Gasteiger partial charge in [0.1, 0.15) is 0 Å². The molecule has 0 aliphatic carbocycles. The Balaban J connectivity index is 2.70. The maximum Gasteiger partial charge on any atom is 0.0998 e. The van der Waals surface area contributed by atoms with Gasteiger partial charge >= 0.3 is 0 Å². The second-order valence-electron chi connectivity index (χ2n) is 3.82. The van der Waals surface area contributed by atoms with Gasteiger partial charge in [-0.05, 0) is 24.6 Å². The predicted molar refractivity (Wildman–Crippen MR) is 66.0 cm³/mol. The maximum absolute atomic E-state index is 9.09. The van der Waals surface area contributed by atoms with Crippen LogP contribution in [0.1, 0.15) is 16.7 Å². The Labute approximate surface area is 100 Å². The Bertz CT molecular complexity index is 593. The zero-order valence-corrected chi connectivity index (χ0v) is 9.44. The van der Waals surface area contributed by atoms with E-state index in [0.29, 0.717) is 11.1 Å². The second kappa shape index (κ2) is 4.51. The van der Waals surface area contributed by atoms with Crippen molar-refractivity contribution in [1.82, 2.24) is 0 Å². The van der Waals surface area contributed by atoms with Crippen LogP contribution in [-0.4, -0.2) is 0 Å². The lowest BCUT2D eigenvalue weighted by Crippen LogP contribution is -1.89. The summed E-state index contributed by atoms with van der Waals surface area (Å²) in [6.07, 6.45) is 0. The lowest BCUT2D eigenvalue weighted by Gasteiger charge is -2.06. The Morgan fingerprint density at radius 1 is 0.824 bits per heavy atom. The number of hydrogen-bond donors (Lipinski definition) is 0. The van der Waals surface area contributed by atoms with Crippen molar-refractivity contribution in [2.75, 3.05) is 0 Å². The van der Waals surface area contributed by atoms with E-state index >= 15 is 0 Å². The molecule has 2 aromatic carbocycles. The van der Waals surface area contributed by atoms with Gasteiger partial charge in [-0.3, -0.25) is 0 Å². The molecule has 0 bridgehead atoms. The minimum absolute atomic E-state index is 0.535. The van der Waals surface area contributed by atoms with Crippen LogP contribution in [-0.2, 0) is 0 Å². The average Bonchev–Trinajstić information content (AvgIpc) is 2.38. The molecule has 0 aliphatic rings. The molecule has 0 fully saturated rings. The first-order valence-corrected chi connectivity index (χ1v) is 5.26. The van der Waals surface area contributed by atoms with Crippen LogP contribution < -0.4 is 0 Å². The number of nitrogens with zero attached hydrogens (tertiary/aromatic N) is 2. The fourth-order valence-electron chi connectivity index (χ4n) is 1.77. The fraction of sp³-hybridized carbons (Fsp3) is 0.0667. The summed E-state index contributed by atoms with van der Waals surface area (Å²) in [4.78, 5) is 0. The molecule has 0 radical (unpaired) electrons. The lowest BCUT2D eigenvalue weighted by atomic mass is 9.95. The summed E-state index contributed by atoms with van der Waals surface area (Å²) in [5.41, 5.74) is 3.85. The molecular weight excluding hydrogens is 208 g/mol. The van der Waals surface area contributed by atoms with Gasteiger partial charge in [0, 0.05) is 5.56 Å². The van der Waals surface area contributed by atoms with Crippen LogP contribution in [0.25, 0.3) is 11.1 Å². The molecular formula is C15H10N2. The quantitative estimate of drug-likeness (QED) is 0.736. The molecule has 2 aromatic rings. The van der Waals surface area contributed by atoms with Gasteiger partial charge < -0.3 is 0 Å². The van der Waals surface area contributed by atoms with Crippen molar-refractivity contribution >= 4 is 0 Å². The molecule has 0 spiro atoms. The van der Waals surface area contributed by atoms with E-state index in [9.17, 15) is 0 Å². The molecule has 0 saturated carbocycles. The molecule has 17 heavy (non-hydrogen) atoms. The summed E-state index contributed by atoms with van der Waals surface area (Å²) in [6, 6.07) is 17.3. The number of rotatable bonds is 1. The van der Waals surface area contributed by atoms with Crippen LogP contribution in [0.15, 0.2) is 42.5 Å². The number of aryl methyl sites for hydroxylation is 1. The summed E-state index contributed by atoms with van der Waals surface area (Å²) >= 11 is 0. The van der Waals surface area contributed by atoms with Crippen LogP contribution in [0.2, 0.25) is 0 Å². The van der Waals surface area contributed by atoms with Gasteiger partial charge in [-0.2, -0.15) is 10.5 Å². The number of benzene rings is 2. The first kappa shape index (κ1) is 10.9. The molecule has 0 aromatic heterocycles. The molecule has 80 valence electrons. The molecule has 2 heteroatoms. The summed E-state index contributed by atoms with van der Waals surface area (Å²) < 4.78 is 0. The Morgan fingerprint density at radius 3 is 1.82 bits per heavy atom. The summed E-state index contributed by atoms with van der Waals surface area (Å²) in [5.74, 6) is 0. The first-order chi connectivity index (χ1) is 8.26. The van der Waals surface area contributed by atoms with Crippen LogP contribution in [0.5, 0.6) is 0 Å². The van der Waals surface area contributed by atoms with E-state index in [1.807, 2.05) is 31.2 Å². The van der Waals surface area contributed by atoms with Crippen molar-refractivity contribution in [2.24, 2.45) is 0 Å². The normalized spacial score (nSPS) is 9.35. The maximum atomic E-state index is 9.09. The van der Waals surface area contributed by atoms with Crippen LogP contribution in [0.3, 0.4) is 0 Å². The monoisotopic (exact) mass is 218 g/mol. The molecule has 0 saturated heterocycles. The summed E-state index contributed by atoms with van der Waals surface area (Å²) in [5, 5.41) is 18.2. The van der Waals surface area contributed by atoms with Crippen molar-refractivity contribution < 1.29 is 0 Å². The van der Waals surface area contributed by atoms with E-state index in [1.54, 1.807) is 18.2 Å². The lowest BCUT2D eigenvalue weighted by molar-refractivity contribution is 1.42. The van der Waals surface area contributed by atoms with E-state index in [2.05, 4.69) is 12.1 Å². The molecule has 2 nitrogen and oxygen atoms in total. The molecule has 0 atom stereocenters. The SMILES string of the molecule is Cc1ccc(-c2c(C#N)cccc2C#N)cc1. The first-order valence-electron chi connectivity index (χ1n) is 5.26. The Kier molecular flexibility index (Phi) is 2.90. The second-order valence-corrected chi connectivity index (χ2v) is 3.82. The predicted octanol–water partition coefficient (Wildman–Crippen LogP) is 3.41. The minimum atomic E-state index is 0.535. The molecule has 2 rings (SSSR count). The van der Waals surface area contributed by atoms with Gasteiger partial charge in [0.05, 0.1) is 23.3 Å². The van der Waals surface area contributed by atoms with Gasteiger partial charge in [-0.25, -0.2) is 0 Å². The highest BCUT2D eigenvalue weighted by molar-refractivity contribution is 5.76. The number of nitriles is 2. The summed E-state index contributed by atoms with van der Waals surface area (Å²) in [7, 11) is 0. The molecule has 0 heterocycles.